The molecular formula is C21H26N6O6. The average molecular weight is 458 g/mol. The van der Waals surface area contributed by atoms with E-state index >= 15 is 0 Å². The second kappa shape index (κ2) is 9.36. The first kappa shape index (κ1) is 22.4. The maximum Gasteiger partial charge on any atom is 0.232 e. The molecule has 0 radical (unpaired) electrons. The van der Waals surface area contributed by atoms with E-state index in [-0.39, 0.29) is 24.0 Å². The zero-order valence-electron chi connectivity index (χ0n) is 18.6. The maximum absolute atomic E-state index is 13.2. The minimum Gasteiger partial charge on any atom is -0.493 e. The van der Waals surface area contributed by atoms with Gasteiger partial charge < -0.3 is 40.2 Å². The summed E-state index contributed by atoms with van der Waals surface area (Å²) in [7, 11) is 4.45. The number of rotatable bonds is 6. The molecule has 2 aliphatic heterocycles. The van der Waals surface area contributed by atoms with Gasteiger partial charge in [-0.1, -0.05) is 0 Å². The molecule has 3 heterocycles. The predicted molar refractivity (Wildman–Crippen MR) is 120 cm³/mol. The van der Waals surface area contributed by atoms with Crippen molar-refractivity contribution in [3.8, 4) is 17.2 Å². The van der Waals surface area contributed by atoms with Gasteiger partial charge in [0.2, 0.25) is 23.5 Å². The van der Waals surface area contributed by atoms with Crippen LogP contribution in [0.3, 0.4) is 0 Å². The van der Waals surface area contributed by atoms with Crippen molar-refractivity contribution >= 4 is 35.1 Å². The number of nitrogen functional groups attached to an aromatic ring is 1. The number of nitrogens with zero attached hydrogens (tertiary/aromatic N) is 3. The molecule has 0 saturated carbocycles. The number of carbonyl (C=O) groups is 2. The smallest absolute Gasteiger partial charge is 0.232 e. The van der Waals surface area contributed by atoms with Crippen LogP contribution in [0.4, 0.5) is 23.3 Å². The normalized spacial score (nSPS) is 17.6. The molecule has 1 aromatic carbocycles. The number of morpholine rings is 1. The molecule has 1 aromatic heterocycles. The standard InChI is InChI=1S/C21H26N6O6/c1-30-13-8-11(9-14(31-2)17(13)32-3)23-20(29)12-10-15(28)24-19-16(12)18(22)25-21(26-19)27-4-6-33-7-5-27/h8-9,12H,4-7,10H2,1-3H3,(H,23,29)(H3,22,24,25,26,28)/t12-/m1/s1. The first-order valence-corrected chi connectivity index (χ1v) is 10.4. The molecule has 12 nitrogen and oxygen atoms in total. The van der Waals surface area contributed by atoms with Crippen molar-refractivity contribution in [3.05, 3.63) is 17.7 Å². The SMILES string of the molecule is COc1cc(NC(=O)[C@@H]2CC(=O)Nc3nc(N4CCOCC4)nc(N)c32)cc(OC)c1OC. The minimum atomic E-state index is -0.869. The third-order valence-electron chi connectivity index (χ3n) is 5.50. The predicted octanol–water partition coefficient (Wildman–Crippen LogP) is 0.986. The molecule has 4 N–H and O–H groups in total. The molecule has 33 heavy (non-hydrogen) atoms. The Hall–Kier alpha value is -3.80. The number of fused-ring (bicyclic) bond motifs is 1. The summed E-state index contributed by atoms with van der Waals surface area (Å²) in [6, 6.07) is 3.20. The summed E-state index contributed by atoms with van der Waals surface area (Å²) in [4.78, 5) is 36.4. The van der Waals surface area contributed by atoms with Gasteiger partial charge in [-0.15, -0.1) is 0 Å². The Bertz CT molecular complexity index is 1050. The van der Waals surface area contributed by atoms with Gasteiger partial charge in [0, 0.05) is 37.3 Å². The second-order valence-corrected chi connectivity index (χ2v) is 7.48. The number of hydrogen-bond acceptors (Lipinski definition) is 10. The Kier molecular flexibility index (Phi) is 6.36. The lowest BCUT2D eigenvalue weighted by molar-refractivity contribution is -0.123. The highest BCUT2D eigenvalue weighted by Gasteiger charge is 2.35. The molecule has 4 rings (SSSR count). The first-order chi connectivity index (χ1) is 15.9. The minimum absolute atomic E-state index is 0.0896. The number of hydrogen-bond donors (Lipinski definition) is 3. The molecule has 1 saturated heterocycles. The van der Waals surface area contributed by atoms with Crippen molar-refractivity contribution in [1.82, 2.24) is 9.97 Å². The topological polar surface area (TPSA) is 150 Å². The largest absolute Gasteiger partial charge is 0.493 e. The van der Waals surface area contributed by atoms with Gasteiger partial charge in [0.1, 0.15) is 11.6 Å². The number of aromatic nitrogens is 2. The van der Waals surface area contributed by atoms with Crippen LogP contribution in [0.15, 0.2) is 12.1 Å². The summed E-state index contributed by atoms with van der Waals surface area (Å²) in [6.07, 6.45) is -0.0896. The van der Waals surface area contributed by atoms with Crippen LogP contribution in [-0.2, 0) is 14.3 Å². The second-order valence-electron chi connectivity index (χ2n) is 7.48. The van der Waals surface area contributed by atoms with E-state index in [9.17, 15) is 9.59 Å². The molecule has 2 amide bonds. The molecule has 0 bridgehead atoms. The van der Waals surface area contributed by atoms with Gasteiger partial charge in [0.25, 0.3) is 0 Å². The third kappa shape index (κ3) is 4.42. The lowest BCUT2D eigenvalue weighted by Crippen LogP contribution is -2.38. The number of amides is 2. The van der Waals surface area contributed by atoms with Crippen molar-refractivity contribution in [2.75, 3.05) is 68.9 Å². The molecule has 12 heteroatoms. The summed E-state index contributed by atoms with van der Waals surface area (Å²) < 4.78 is 21.3. The summed E-state index contributed by atoms with van der Waals surface area (Å²) >= 11 is 0. The fourth-order valence-electron chi connectivity index (χ4n) is 3.90. The quantitative estimate of drug-likeness (QED) is 0.572. The summed E-state index contributed by atoms with van der Waals surface area (Å²) in [5.41, 5.74) is 7.04. The van der Waals surface area contributed by atoms with E-state index in [2.05, 4.69) is 20.6 Å². The van der Waals surface area contributed by atoms with E-state index in [4.69, 9.17) is 24.7 Å². The number of anilines is 4. The van der Waals surface area contributed by atoms with Crippen LogP contribution in [0.1, 0.15) is 17.9 Å². The third-order valence-corrected chi connectivity index (χ3v) is 5.50. The average Bonchev–Trinajstić information content (AvgIpc) is 2.82. The number of ether oxygens (including phenoxy) is 4. The van der Waals surface area contributed by atoms with Crippen LogP contribution in [0, 0.1) is 0 Å². The van der Waals surface area contributed by atoms with Crippen LogP contribution >= 0.6 is 0 Å². The van der Waals surface area contributed by atoms with Crippen molar-refractivity contribution in [3.63, 3.8) is 0 Å². The fourth-order valence-corrected chi connectivity index (χ4v) is 3.90. The number of carbonyl (C=O) groups excluding carboxylic acids is 2. The van der Waals surface area contributed by atoms with E-state index < -0.39 is 11.8 Å². The lowest BCUT2D eigenvalue weighted by atomic mass is 9.92. The molecule has 2 aromatic rings. The van der Waals surface area contributed by atoms with Crippen molar-refractivity contribution in [2.24, 2.45) is 0 Å². The number of benzene rings is 1. The summed E-state index contributed by atoms with van der Waals surface area (Å²) in [5.74, 6) is 0.296. The van der Waals surface area contributed by atoms with E-state index in [0.717, 1.165) is 0 Å². The van der Waals surface area contributed by atoms with Gasteiger partial charge in [0.05, 0.1) is 46.0 Å². The highest BCUT2D eigenvalue weighted by molar-refractivity contribution is 6.05. The molecular weight excluding hydrogens is 432 g/mol. The number of nitrogens with one attached hydrogen (secondary N) is 2. The molecule has 1 fully saturated rings. The van der Waals surface area contributed by atoms with Crippen LogP contribution in [0.25, 0.3) is 0 Å². The summed E-state index contributed by atoms with van der Waals surface area (Å²) in [5, 5.41) is 5.52. The first-order valence-electron chi connectivity index (χ1n) is 10.4. The van der Waals surface area contributed by atoms with Crippen LogP contribution in [0.2, 0.25) is 0 Å². The molecule has 176 valence electrons. The van der Waals surface area contributed by atoms with E-state index in [0.29, 0.717) is 60.8 Å². The van der Waals surface area contributed by atoms with Gasteiger partial charge >= 0.3 is 0 Å². The number of methoxy groups -OCH3 is 3. The highest BCUT2D eigenvalue weighted by Crippen LogP contribution is 2.41. The molecule has 0 spiro atoms. The molecule has 2 aliphatic rings. The molecule has 0 aliphatic carbocycles. The van der Waals surface area contributed by atoms with Crippen LogP contribution < -0.4 is 35.5 Å². The Morgan fingerprint density at radius 3 is 2.42 bits per heavy atom. The Morgan fingerprint density at radius 1 is 1.15 bits per heavy atom. The molecule has 1 atom stereocenters. The zero-order valence-corrected chi connectivity index (χ0v) is 18.6. The maximum atomic E-state index is 13.2. The van der Waals surface area contributed by atoms with Gasteiger partial charge in [-0.3, -0.25) is 9.59 Å². The fraction of sp³-hybridized carbons (Fsp3) is 0.429. The van der Waals surface area contributed by atoms with Gasteiger partial charge in [-0.2, -0.15) is 9.97 Å². The van der Waals surface area contributed by atoms with Gasteiger partial charge in [0.15, 0.2) is 11.5 Å². The van der Waals surface area contributed by atoms with Crippen molar-refractivity contribution in [1.29, 1.82) is 0 Å². The Morgan fingerprint density at radius 2 is 1.82 bits per heavy atom. The van der Waals surface area contributed by atoms with Gasteiger partial charge in [-0.05, 0) is 0 Å². The zero-order chi connectivity index (χ0) is 23.5. The monoisotopic (exact) mass is 458 g/mol. The van der Waals surface area contributed by atoms with E-state index in [1.807, 2.05) is 4.90 Å². The molecule has 0 unspecified atom stereocenters. The number of nitrogens with two attached hydrogens (primary N) is 1. The Balaban J connectivity index is 1.64. The van der Waals surface area contributed by atoms with Crippen molar-refractivity contribution < 1.29 is 28.5 Å². The van der Waals surface area contributed by atoms with Crippen LogP contribution in [-0.4, -0.2) is 69.4 Å². The summed E-state index contributed by atoms with van der Waals surface area (Å²) in [6.45, 7) is 2.31. The highest BCUT2D eigenvalue weighted by atomic mass is 16.5. The van der Waals surface area contributed by atoms with Gasteiger partial charge in [-0.25, -0.2) is 0 Å². The van der Waals surface area contributed by atoms with E-state index in [1.165, 1.54) is 21.3 Å². The van der Waals surface area contributed by atoms with Crippen molar-refractivity contribution in [2.45, 2.75) is 12.3 Å². The van der Waals surface area contributed by atoms with E-state index in [1.54, 1.807) is 12.1 Å². The Labute approximate surface area is 190 Å². The van der Waals surface area contributed by atoms with Crippen LogP contribution in [0.5, 0.6) is 17.2 Å². The lowest BCUT2D eigenvalue weighted by Gasteiger charge is -2.30.